The van der Waals surface area contributed by atoms with E-state index in [0.717, 1.165) is 56.0 Å². The Bertz CT molecular complexity index is 919. The number of likely N-dealkylation sites (tertiary alicyclic amines) is 1. The second kappa shape index (κ2) is 10.9. The predicted octanol–water partition coefficient (Wildman–Crippen LogP) is 5.12. The molecule has 1 saturated carbocycles. The molecule has 2 fully saturated rings. The number of fused-ring (bicyclic) bond motifs is 1. The Labute approximate surface area is 194 Å². The highest BCUT2D eigenvalue weighted by Gasteiger charge is 2.37. The Kier molecular flexibility index (Phi) is 8.24. The smallest absolute Gasteiger partial charge is 0.416 e. The van der Waals surface area contributed by atoms with Crippen LogP contribution in [0.15, 0.2) is 48.5 Å². The molecule has 0 spiro atoms. The van der Waals surface area contributed by atoms with E-state index < -0.39 is 17.6 Å². The highest BCUT2D eigenvalue weighted by atomic mass is 19.4. The molecule has 0 radical (unpaired) electrons. The maximum atomic E-state index is 12.7. The summed E-state index contributed by atoms with van der Waals surface area (Å²) < 4.78 is 48.2. The van der Waals surface area contributed by atoms with Crippen molar-refractivity contribution in [1.29, 1.82) is 0 Å². The van der Waals surface area contributed by atoms with E-state index >= 15 is 0 Å². The van der Waals surface area contributed by atoms with Crippen LogP contribution in [-0.2, 0) is 6.18 Å². The number of nitrogens with one attached hydrogen (secondary N) is 1. The third-order valence-corrected chi connectivity index (χ3v) is 6.31. The Morgan fingerprint density at radius 2 is 1.64 bits per heavy atom. The lowest BCUT2D eigenvalue weighted by atomic mass is 9.79. The molecule has 8 heteroatoms. The van der Waals surface area contributed by atoms with Crippen LogP contribution in [0.4, 0.5) is 13.2 Å². The number of carbonyl (C=O) groups is 1. The van der Waals surface area contributed by atoms with E-state index in [9.17, 15) is 18.0 Å². The number of hydrogen-bond acceptors (Lipinski definition) is 4. The van der Waals surface area contributed by atoms with Crippen LogP contribution in [0.1, 0.15) is 36.6 Å². The monoisotopic (exact) mass is 466 g/mol. The van der Waals surface area contributed by atoms with Crippen LogP contribution in [0.2, 0.25) is 0 Å². The first-order valence-electron chi connectivity index (χ1n) is 11.0. The summed E-state index contributed by atoms with van der Waals surface area (Å²) in [6.45, 7) is 2.15. The van der Waals surface area contributed by atoms with E-state index in [2.05, 4.69) is 17.3 Å². The summed E-state index contributed by atoms with van der Waals surface area (Å²) in [5.41, 5.74) is -0.711. The van der Waals surface area contributed by atoms with Crippen molar-refractivity contribution in [2.24, 2.45) is 11.8 Å². The maximum absolute atomic E-state index is 12.7. The molecule has 4 rings (SSSR count). The molecule has 182 valence electrons. The van der Waals surface area contributed by atoms with Crippen molar-refractivity contribution in [2.75, 3.05) is 34.4 Å². The van der Waals surface area contributed by atoms with Gasteiger partial charge in [0.2, 0.25) is 0 Å². The van der Waals surface area contributed by atoms with Crippen LogP contribution in [0.5, 0.6) is 11.5 Å². The third kappa shape index (κ3) is 6.63. The Morgan fingerprint density at radius 1 is 1.00 bits per heavy atom. The van der Waals surface area contributed by atoms with Crippen molar-refractivity contribution in [3.8, 4) is 11.5 Å². The molecule has 1 N–H and O–H groups in total. The minimum atomic E-state index is -4.43. The first-order chi connectivity index (χ1) is 15.7. The molecule has 0 bridgehead atoms. The van der Waals surface area contributed by atoms with Crippen LogP contribution in [0, 0.1) is 11.8 Å². The first kappa shape index (κ1) is 24.9. The summed E-state index contributed by atoms with van der Waals surface area (Å²) in [5.74, 6) is 2.41. The largest absolute Gasteiger partial charge is 0.493 e. The van der Waals surface area contributed by atoms with E-state index in [1.807, 2.05) is 24.3 Å². The molecule has 2 aromatic rings. The van der Waals surface area contributed by atoms with Gasteiger partial charge in [-0.05, 0) is 68.5 Å². The van der Waals surface area contributed by atoms with Crippen molar-refractivity contribution in [3.05, 3.63) is 59.7 Å². The van der Waals surface area contributed by atoms with Gasteiger partial charge in [-0.3, -0.25) is 4.79 Å². The van der Waals surface area contributed by atoms with Crippen LogP contribution in [0.3, 0.4) is 0 Å². The summed E-state index contributed by atoms with van der Waals surface area (Å²) in [7, 11) is 5.35. The lowest BCUT2D eigenvalue weighted by Gasteiger charge is -2.31. The van der Waals surface area contributed by atoms with Gasteiger partial charge in [-0.25, -0.2) is 0 Å². The van der Waals surface area contributed by atoms with Gasteiger partial charge < -0.3 is 19.7 Å². The van der Waals surface area contributed by atoms with E-state index in [0.29, 0.717) is 11.8 Å². The Hall–Kier alpha value is -2.74. The Morgan fingerprint density at radius 3 is 2.24 bits per heavy atom. The number of halogens is 3. The average molecular weight is 467 g/mol. The van der Waals surface area contributed by atoms with Crippen LogP contribution in [-0.4, -0.2) is 51.2 Å². The third-order valence-electron chi connectivity index (χ3n) is 6.31. The molecule has 1 amide bonds. The lowest BCUT2D eigenvalue weighted by molar-refractivity contribution is -0.137. The molecule has 3 atom stereocenters. The number of rotatable bonds is 4. The number of carbonyl (C=O) groups excluding carboxylic acids is 1. The lowest BCUT2D eigenvalue weighted by Crippen LogP contribution is -2.40. The fraction of sp³-hybridized carbons (Fsp3) is 0.480. The van der Waals surface area contributed by atoms with Gasteiger partial charge in [-0.1, -0.05) is 18.2 Å². The zero-order valence-corrected chi connectivity index (χ0v) is 19.2. The molecule has 33 heavy (non-hydrogen) atoms. The molecule has 5 nitrogen and oxygen atoms in total. The number of methoxy groups -OCH3 is 2. The van der Waals surface area contributed by atoms with Crippen molar-refractivity contribution >= 4 is 5.91 Å². The van der Waals surface area contributed by atoms with Crippen LogP contribution < -0.4 is 14.8 Å². The summed E-state index contributed by atoms with van der Waals surface area (Å²) in [6.07, 6.45) is -1.54. The number of nitrogens with zero attached hydrogens (tertiary/aromatic N) is 1. The van der Waals surface area contributed by atoms with Crippen LogP contribution in [0.25, 0.3) is 0 Å². The molecular weight excluding hydrogens is 433 g/mol. The van der Waals surface area contributed by atoms with Crippen molar-refractivity contribution in [2.45, 2.75) is 31.5 Å². The Balaban J connectivity index is 0.000000314. The molecule has 1 saturated heterocycles. The van der Waals surface area contributed by atoms with Gasteiger partial charge in [0.1, 0.15) is 0 Å². The quantitative estimate of drug-likeness (QED) is 0.680. The van der Waals surface area contributed by atoms with Crippen molar-refractivity contribution < 1.29 is 28.9 Å². The number of hydrogen-bond donors (Lipinski definition) is 1. The van der Waals surface area contributed by atoms with Gasteiger partial charge in [-0.2, -0.15) is 13.2 Å². The summed E-state index contributed by atoms with van der Waals surface area (Å²) in [6, 6.07) is 12.2. The highest BCUT2D eigenvalue weighted by Crippen LogP contribution is 2.36. The standard InChI is InChI=1S/C17H21F3N2O.C8H10O2.H2/c1-22-9-12-5-6-15(8-13(12)10-22)21-16(23)11-3-2-4-14(7-11)17(18,19)20;1-9-7-5-3-4-6-8(7)10-2;/h2-4,7,12-13,15H,5-6,8-10H2,1H3,(H,21,23);3-6H,1-2H3;1H/t12?,13?,15-;;/m1../s1. The van der Waals surface area contributed by atoms with Gasteiger partial charge in [0.05, 0.1) is 19.8 Å². The molecular formula is C25H33F3N2O3. The van der Waals surface area contributed by atoms with Gasteiger partial charge >= 0.3 is 6.18 Å². The number of benzene rings is 2. The second-order valence-corrected chi connectivity index (χ2v) is 8.66. The molecule has 1 aliphatic heterocycles. The van der Waals surface area contributed by atoms with E-state index in [4.69, 9.17) is 9.47 Å². The summed E-state index contributed by atoms with van der Waals surface area (Å²) in [5, 5.41) is 2.92. The fourth-order valence-electron chi connectivity index (χ4n) is 4.69. The number of ether oxygens (including phenoxy) is 2. The number of amides is 1. The van der Waals surface area contributed by atoms with E-state index in [1.54, 1.807) is 14.2 Å². The van der Waals surface area contributed by atoms with E-state index in [-0.39, 0.29) is 13.0 Å². The van der Waals surface area contributed by atoms with Gasteiger partial charge in [0.15, 0.2) is 11.5 Å². The van der Waals surface area contributed by atoms with Crippen molar-refractivity contribution in [1.82, 2.24) is 10.2 Å². The zero-order chi connectivity index (χ0) is 24.0. The number of alkyl halides is 3. The topological polar surface area (TPSA) is 50.8 Å². The second-order valence-electron chi connectivity index (χ2n) is 8.66. The zero-order valence-electron chi connectivity index (χ0n) is 19.2. The molecule has 0 aromatic heterocycles. The molecule has 2 unspecified atom stereocenters. The van der Waals surface area contributed by atoms with Gasteiger partial charge in [0.25, 0.3) is 5.91 Å². The molecule has 1 aliphatic carbocycles. The molecule has 1 heterocycles. The summed E-state index contributed by atoms with van der Waals surface area (Å²) in [4.78, 5) is 14.6. The molecule has 2 aliphatic rings. The van der Waals surface area contributed by atoms with Crippen molar-refractivity contribution in [3.63, 3.8) is 0 Å². The minimum Gasteiger partial charge on any atom is -0.493 e. The maximum Gasteiger partial charge on any atom is 0.416 e. The van der Waals surface area contributed by atoms with Gasteiger partial charge in [0, 0.05) is 26.1 Å². The minimum absolute atomic E-state index is 0. The highest BCUT2D eigenvalue weighted by molar-refractivity contribution is 5.94. The molecule has 2 aromatic carbocycles. The first-order valence-corrected chi connectivity index (χ1v) is 11.0. The van der Waals surface area contributed by atoms with Gasteiger partial charge in [-0.15, -0.1) is 0 Å². The predicted molar refractivity (Wildman–Crippen MR) is 123 cm³/mol. The normalized spacial score (nSPS) is 22.5. The number of para-hydroxylation sites is 2. The van der Waals surface area contributed by atoms with Crippen LogP contribution >= 0.6 is 0 Å². The average Bonchev–Trinajstić information content (AvgIpc) is 3.18. The van der Waals surface area contributed by atoms with E-state index in [1.165, 1.54) is 12.1 Å². The SMILES string of the molecule is CN1CC2CC[C@@H](NC(=O)c3cccc(C(F)(F)F)c3)CC2C1.COc1ccccc1OC.[HH]. The summed E-state index contributed by atoms with van der Waals surface area (Å²) >= 11 is 0. The fourth-order valence-corrected chi connectivity index (χ4v) is 4.69.